The van der Waals surface area contributed by atoms with Crippen molar-refractivity contribution < 1.29 is 0 Å². The molecular formula is C12H11BBrN3OS. The summed E-state index contributed by atoms with van der Waals surface area (Å²) in [4.78, 5) is 16.8. The van der Waals surface area contributed by atoms with Crippen LogP contribution in [0.4, 0.5) is 0 Å². The van der Waals surface area contributed by atoms with Crippen LogP contribution in [0.25, 0.3) is 10.2 Å². The smallest absolute Gasteiger partial charge is 0.271 e. The molecule has 1 aliphatic heterocycles. The second kappa shape index (κ2) is 5.10. The predicted molar refractivity (Wildman–Crippen MR) is 80.8 cm³/mol. The van der Waals surface area contributed by atoms with Gasteiger partial charge in [-0.2, -0.15) is 0 Å². The molecule has 0 spiro atoms. The average molecular weight is 336 g/mol. The molecule has 0 unspecified atom stereocenters. The van der Waals surface area contributed by atoms with Crippen molar-refractivity contribution in [1.82, 2.24) is 9.55 Å². The number of halogens is 1. The predicted octanol–water partition coefficient (Wildman–Crippen LogP) is 3.11. The van der Waals surface area contributed by atoms with Crippen molar-refractivity contribution in [1.29, 1.82) is 5.26 Å². The minimum absolute atomic E-state index is 0.0427. The van der Waals surface area contributed by atoms with Crippen molar-refractivity contribution in [3.05, 3.63) is 26.5 Å². The Kier molecular flexibility index (Phi) is 3.46. The SMILES string of the molecule is N#CB1CCC(n2cnc3cc(Br)sc3c2=O)CC1. The lowest BCUT2D eigenvalue weighted by Crippen LogP contribution is -2.29. The highest BCUT2D eigenvalue weighted by atomic mass is 79.9. The summed E-state index contributed by atoms with van der Waals surface area (Å²) in [5.41, 5.74) is 0.796. The standard InChI is InChI=1S/C12H11BBrN3OS/c14-10-5-9-11(19-10)12(18)17(7-16-9)8-1-3-13(6-15)4-2-8/h5,7-8H,1-4H2. The Labute approximate surface area is 123 Å². The van der Waals surface area contributed by atoms with E-state index in [2.05, 4.69) is 26.9 Å². The molecule has 0 atom stereocenters. The van der Waals surface area contributed by atoms with Crippen LogP contribution in [0.5, 0.6) is 0 Å². The van der Waals surface area contributed by atoms with Crippen LogP contribution in [0.15, 0.2) is 21.0 Å². The van der Waals surface area contributed by atoms with Gasteiger partial charge in [-0.05, 0) is 34.8 Å². The van der Waals surface area contributed by atoms with Crippen LogP contribution in [0.1, 0.15) is 18.9 Å². The van der Waals surface area contributed by atoms with Crippen molar-refractivity contribution >= 4 is 44.2 Å². The number of fused-ring (bicyclic) bond motifs is 1. The van der Waals surface area contributed by atoms with Gasteiger partial charge in [0, 0.05) is 12.0 Å². The van der Waals surface area contributed by atoms with E-state index in [-0.39, 0.29) is 18.3 Å². The van der Waals surface area contributed by atoms with Crippen LogP contribution in [0.2, 0.25) is 12.6 Å². The van der Waals surface area contributed by atoms with Gasteiger partial charge in [0.1, 0.15) is 4.70 Å². The Bertz CT molecular complexity index is 712. The number of rotatable bonds is 1. The summed E-state index contributed by atoms with van der Waals surface area (Å²) in [6.45, 7) is 0.152. The molecule has 0 bridgehead atoms. The second-order valence-electron chi connectivity index (χ2n) is 4.86. The normalized spacial score (nSPS) is 16.7. The van der Waals surface area contributed by atoms with Crippen LogP contribution < -0.4 is 5.56 Å². The molecule has 1 aliphatic rings. The van der Waals surface area contributed by atoms with Gasteiger partial charge >= 0.3 is 0 Å². The zero-order valence-corrected chi connectivity index (χ0v) is 12.6. The molecule has 0 N–H and O–H groups in total. The van der Waals surface area contributed by atoms with Crippen molar-refractivity contribution in [2.24, 2.45) is 0 Å². The molecule has 3 rings (SSSR count). The van der Waals surface area contributed by atoms with E-state index >= 15 is 0 Å². The molecule has 2 aromatic heterocycles. The molecule has 1 saturated heterocycles. The van der Waals surface area contributed by atoms with Crippen molar-refractivity contribution in [2.75, 3.05) is 0 Å². The first kappa shape index (κ1) is 12.9. The van der Waals surface area contributed by atoms with E-state index in [1.165, 1.54) is 11.3 Å². The summed E-state index contributed by atoms with van der Waals surface area (Å²) in [5.74, 6) is 2.32. The molecule has 4 nitrogen and oxygen atoms in total. The number of hydrogen-bond acceptors (Lipinski definition) is 4. The van der Waals surface area contributed by atoms with Crippen LogP contribution >= 0.6 is 27.3 Å². The molecule has 96 valence electrons. The number of nitriles is 1. The highest BCUT2D eigenvalue weighted by Crippen LogP contribution is 2.30. The first-order chi connectivity index (χ1) is 9.19. The monoisotopic (exact) mass is 335 g/mol. The zero-order chi connectivity index (χ0) is 13.4. The van der Waals surface area contributed by atoms with Gasteiger partial charge in [-0.25, -0.2) is 10.2 Å². The summed E-state index contributed by atoms with van der Waals surface area (Å²) in [7, 11) is 0. The summed E-state index contributed by atoms with van der Waals surface area (Å²) in [6.07, 6.45) is 5.18. The molecule has 0 radical (unpaired) electrons. The van der Waals surface area contributed by atoms with E-state index in [0.717, 1.165) is 34.8 Å². The Morgan fingerprint density at radius 1 is 1.53 bits per heavy atom. The maximum Gasteiger partial charge on any atom is 0.271 e. The van der Waals surface area contributed by atoms with E-state index in [4.69, 9.17) is 5.26 Å². The van der Waals surface area contributed by atoms with E-state index in [0.29, 0.717) is 4.70 Å². The fraction of sp³-hybridized carbons (Fsp3) is 0.417. The quantitative estimate of drug-likeness (QED) is 0.752. The third-order valence-corrected chi connectivity index (χ3v) is 5.32. The molecule has 0 aromatic carbocycles. The van der Waals surface area contributed by atoms with Gasteiger partial charge in [0.25, 0.3) is 12.3 Å². The van der Waals surface area contributed by atoms with Crippen LogP contribution in [0.3, 0.4) is 0 Å². The third kappa shape index (κ3) is 2.35. The lowest BCUT2D eigenvalue weighted by Gasteiger charge is -2.24. The molecule has 7 heteroatoms. The number of nitrogens with zero attached hydrogens (tertiary/aromatic N) is 3. The van der Waals surface area contributed by atoms with E-state index in [1.54, 1.807) is 10.9 Å². The highest BCUT2D eigenvalue weighted by Gasteiger charge is 2.26. The highest BCUT2D eigenvalue weighted by molar-refractivity contribution is 9.11. The van der Waals surface area contributed by atoms with Gasteiger partial charge < -0.3 is 0 Å². The second-order valence-corrected chi connectivity index (χ2v) is 7.29. The minimum atomic E-state index is 0.0427. The van der Waals surface area contributed by atoms with Crippen molar-refractivity contribution in [2.45, 2.75) is 31.5 Å². The zero-order valence-electron chi connectivity index (χ0n) is 10.2. The fourth-order valence-electron chi connectivity index (χ4n) is 2.64. The van der Waals surface area contributed by atoms with Gasteiger partial charge in [0.15, 0.2) is 0 Å². The van der Waals surface area contributed by atoms with Crippen molar-refractivity contribution in [3.63, 3.8) is 0 Å². The van der Waals surface area contributed by atoms with Crippen LogP contribution in [-0.2, 0) is 0 Å². The Hall–Kier alpha value is -1.13. The van der Waals surface area contributed by atoms with Gasteiger partial charge in [-0.3, -0.25) is 9.36 Å². The molecule has 2 aromatic rings. The molecular weight excluding hydrogens is 325 g/mol. The number of thiophene rings is 1. The van der Waals surface area contributed by atoms with Gasteiger partial charge in [0.2, 0.25) is 0 Å². The van der Waals surface area contributed by atoms with E-state index in [9.17, 15) is 4.79 Å². The van der Waals surface area contributed by atoms with E-state index in [1.807, 2.05) is 6.07 Å². The lowest BCUT2D eigenvalue weighted by atomic mass is 9.42. The number of hydrogen-bond donors (Lipinski definition) is 0. The molecule has 1 fully saturated rings. The number of aromatic nitrogens is 2. The molecule has 0 aliphatic carbocycles. The molecule has 3 heterocycles. The Balaban J connectivity index is 1.96. The Morgan fingerprint density at radius 2 is 2.26 bits per heavy atom. The fourth-order valence-corrected chi connectivity index (χ4v) is 4.12. The van der Waals surface area contributed by atoms with Crippen LogP contribution in [0, 0.1) is 11.2 Å². The summed E-state index contributed by atoms with van der Waals surface area (Å²) >= 11 is 4.82. The molecule has 0 amide bonds. The van der Waals surface area contributed by atoms with Gasteiger partial charge in [0.05, 0.1) is 15.6 Å². The Morgan fingerprint density at radius 3 is 2.95 bits per heavy atom. The maximum atomic E-state index is 12.4. The lowest BCUT2D eigenvalue weighted by molar-refractivity contribution is 0.440. The summed E-state index contributed by atoms with van der Waals surface area (Å²) in [5, 5.41) is 8.91. The summed E-state index contributed by atoms with van der Waals surface area (Å²) < 4.78 is 3.38. The first-order valence-corrected chi connectivity index (χ1v) is 7.86. The first-order valence-electron chi connectivity index (χ1n) is 6.25. The van der Waals surface area contributed by atoms with Gasteiger partial charge in [-0.1, -0.05) is 12.6 Å². The van der Waals surface area contributed by atoms with Crippen molar-refractivity contribution in [3.8, 4) is 5.97 Å². The van der Waals surface area contributed by atoms with E-state index < -0.39 is 0 Å². The van der Waals surface area contributed by atoms with Gasteiger partial charge in [-0.15, -0.1) is 11.3 Å². The topological polar surface area (TPSA) is 58.7 Å². The minimum Gasteiger partial charge on any atom is -0.295 e. The summed E-state index contributed by atoms with van der Waals surface area (Å²) in [6, 6.07) is 2.06. The third-order valence-electron chi connectivity index (χ3n) is 3.71. The van der Waals surface area contributed by atoms with Crippen LogP contribution in [-0.4, -0.2) is 16.3 Å². The average Bonchev–Trinajstić information content (AvgIpc) is 2.81. The maximum absolute atomic E-state index is 12.4. The molecule has 19 heavy (non-hydrogen) atoms. The largest absolute Gasteiger partial charge is 0.295 e. The molecule has 0 saturated carbocycles.